The highest BCUT2D eigenvalue weighted by Gasteiger charge is 2.34. The quantitative estimate of drug-likeness (QED) is 0.352. The van der Waals surface area contributed by atoms with E-state index in [1.807, 2.05) is 83.1 Å². The number of carbonyl (C=O) groups excluding carboxylic acids is 2. The third-order valence-electron chi connectivity index (χ3n) is 6.37. The Morgan fingerprint density at radius 2 is 1.57 bits per heavy atom. The zero-order chi connectivity index (χ0) is 29.7. The van der Waals surface area contributed by atoms with E-state index in [1.165, 1.54) is 4.90 Å². The molecular formula is C31H38ClN3O4S. The Balaban J connectivity index is 2.10. The smallest absolute Gasteiger partial charge is 0.244 e. The Labute approximate surface area is 243 Å². The molecule has 3 aromatic rings. The van der Waals surface area contributed by atoms with E-state index in [-0.39, 0.29) is 18.9 Å². The summed E-state index contributed by atoms with van der Waals surface area (Å²) in [6.07, 6.45) is 1.31. The molecule has 214 valence electrons. The normalized spacial score (nSPS) is 12.5. The minimum atomic E-state index is -3.84. The molecule has 3 rings (SSSR count). The van der Waals surface area contributed by atoms with Crippen molar-refractivity contribution in [3.05, 3.63) is 100 Å². The maximum absolute atomic E-state index is 14.2. The van der Waals surface area contributed by atoms with Crippen LogP contribution in [-0.4, -0.2) is 49.5 Å². The molecule has 9 heteroatoms. The van der Waals surface area contributed by atoms with Crippen LogP contribution >= 0.6 is 11.6 Å². The van der Waals surface area contributed by atoms with Crippen LogP contribution in [0.1, 0.15) is 43.0 Å². The number of hydrogen-bond acceptors (Lipinski definition) is 4. The first kappa shape index (κ1) is 31.2. The molecule has 0 unspecified atom stereocenters. The molecule has 7 nitrogen and oxygen atoms in total. The van der Waals surface area contributed by atoms with Crippen molar-refractivity contribution in [2.24, 2.45) is 0 Å². The van der Waals surface area contributed by atoms with Crippen molar-refractivity contribution >= 4 is 39.1 Å². The van der Waals surface area contributed by atoms with Crippen molar-refractivity contribution in [2.45, 2.75) is 59.2 Å². The molecule has 0 aliphatic rings. The molecule has 0 saturated heterocycles. The largest absolute Gasteiger partial charge is 0.350 e. The van der Waals surface area contributed by atoms with E-state index in [0.29, 0.717) is 16.3 Å². The van der Waals surface area contributed by atoms with Crippen molar-refractivity contribution in [1.82, 2.24) is 10.2 Å². The van der Waals surface area contributed by atoms with Gasteiger partial charge in [-0.1, -0.05) is 77.8 Å². The standard InChI is InChI=1S/C31H38ClN3O4S/c1-22-16-17-27(23(2)18-22)35(40(6,38)39)21-29(36)34(20-25-14-10-11-15-26(25)32)28(30(37)33-31(3,4)5)19-24-12-8-7-9-13-24/h7-18,28H,19-21H2,1-6H3,(H,33,37)/t28-/m0/s1. The topological polar surface area (TPSA) is 86.8 Å². The Morgan fingerprint density at radius 1 is 0.950 bits per heavy atom. The molecule has 3 aromatic carbocycles. The number of benzene rings is 3. The maximum atomic E-state index is 14.2. The van der Waals surface area contributed by atoms with E-state index >= 15 is 0 Å². The molecule has 0 aliphatic carbocycles. The summed E-state index contributed by atoms with van der Waals surface area (Å²) in [5.74, 6) is -0.857. The summed E-state index contributed by atoms with van der Waals surface area (Å²) >= 11 is 6.49. The fraction of sp³-hybridized carbons (Fsp3) is 0.355. The van der Waals surface area contributed by atoms with Gasteiger partial charge in [0.1, 0.15) is 12.6 Å². The fourth-order valence-corrected chi connectivity index (χ4v) is 5.60. The van der Waals surface area contributed by atoms with Crippen LogP contribution in [0.3, 0.4) is 0 Å². The van der Waals surface area contributed by atoms with Gasteiger partial charge in [0.05, 0.1) is 11.9 Å². The molecule has 0 spiro atoms. The van der Waals surface area contributed by atoms with Crippen molar-refractivity contribution in [3.63, 3.8) is 0 Å². The molecule has 0 aliphatic heterocycles. The van der Waals surface area contributed by atoms with Crippen LogP contribution in [-0.2, 0) is 32.6 Å². The Bertz CT molecular complexity index is 1450. The number of nitrogens with one attached hydrogen (secondary N) is 1. The summed E-state index contributed by atoms with van der Waals surface area (Å²) < 4.78 is 27.1. The summed E-state index contributed by atoms with van der Waals surface area (Å²) in [4.78, 5) is 29.4. The molecule has 0 radical (unpaired) electrons. The van der Waals surface area contributed by atoms with Gasteiger partial charge in [-0.25, -0.2) is 8.42 Å². The van der Waals surface area contributed by atoms with Gasteiger partial charge in [0, 0.05) is 23.5 Å². The predicted molar refractivity (Wildman–Crippen MR) is 162 cm³/mol. The van der Waals surface area contributed by atoms with Gasteiger partial charge in [-0.05, 0) is 63.4 Å². The van der Waals surface area contributed by atoms with Gasteiger partial charge >= 0.3 is 0 Å². The van der Waals surface area contributed by atoms with Gasteiger partial charge in [0.2, 0.25) is 21.8 Å². The van der Waals surface area contributed by atoms with Gasteiger partial charge in [0.15, 0.2) is 0 Å². The number of aryl methyl sites for hydroxylation is 2. The van der Waals surface area contributed by atoms with Crippen molar-refractivity contribution in [3.8, 4) is 0 Å². The summed E-state index contributed by atoms with van der Waals surface area (Å²) in [6.45, 7) is 8.89. The first-order chi connectivity index (χ1) is 18.7. The molecule has 2 amide bonds. The number of hydrogen-bond donors (Lipinski definition) is 1. The molecule has 0 bridgehead atoms. The lowest BCUT2D eigenvalue weighted by Crippen LogP contribution is -2.56. The van der Waals surface area contributed by atoms with Crippen molar-refractivity contribution < 1.29 is 18.0 Å². The Morgan fingerprint density at radius 3 is 2.15 bits per heavy atom. The van der Waals surface area contributed by atoms with Crippen LogP contribution < -0.4 is 9.62 Å². The minimum Gasteiger partial charge on any atom is -0.350 e. The molecule has 1 N–H and O–H groups in total. The molecule has 40 heavy (non-hydrogen) atoms. The summed E-state index contributed by atoms with van der Waals surface area (Å²) in [5.41, 5.74) is 3.07. The first-order valence-corrected chi connectivity index (χ1v) is 15.3. The van der Waals surface area contributed by atoms with Crippen molar-refractivity contribution in [1.29, 1.82) is 0 Å². The summed E-state index contributed by atoms with van der Waals surface area (Å²) in [7, 11) is -3.84. The van der Waals surface area contributed by atoms with Crippen LogP contribution in [0.4, 0.5) is 5.69 Å². The molecule has 0 saturated carbocycles. The van der Waals surface area contributed by atoms with Crippen LogP contribution in [0.5, 0.6) is 0 Å². The SMILES string of the molecule is Cc1ccc(N(CC(=O)N(Cc2ccccc2Cl)[C@@H](Cc2ccccc2)C(=O)NC(C)(C)C)S(C)(=O)=O)c(C)c1. The zero-order valence-corrected chi connectivity index (χ0v) is 25.5. The van der Waals surface area contributed by atoms with E-state index in [4.69, 9.17) is 11.6 Å². The van der Waals surface area contributed by atoms with E-state index in [2.05, 4.69) is 5.32 Å². The molecular weight excluding hydrogens is 546 g/mol. The second kappa shape index (κ2) is 12.9. The highest BCUT2D eigenvalue weighted by atomic mass is 35.5. The molecule has 0 aromatic heterocycles. The number of halogens is 1. The fourth-order valence-electron chi connectivity index (χ4n) is 4.50. The summed E-state index contributed by atoms with van der Waals surface area (Å²) in [6, 6.07) is 21.0. The first-order valence-electron chi connectivity index (χ1n) is 13.1. The Hall–Kier alpha value is -3.36. The lowest BCUT2D eigenvalue weighted by Gasteiger charge is -2.35. The van der Waals surface area contributed by atoms with Crippen LogP contribution in [0.15, 0.2) is 72.8 Å². The van der Waals surface area contributed by atoms with Gasteiger partial charge in [-0.2, -0.15) is 0 Å². The summed E-state index contributed by atoms with van der Waals surface area (Å²) in [5, 5.41) is 3.46. The van der Waals surface area contributed by atoms with Gasteiger partial charge < -0.3 is 10.2 Å². The van der Waals surface area contributed by atoms with E-state index in [1.54, 1.807) is 24.3 Å². The average Bonchev–Trinajstić information content (AvgIpc) is 2.85. The monoisotopic (exact) mass is 583 g/mol. The van der Waals surface area contributed by atoms with Gasteiger partial charge in [-0.3, -0.25) is 13.9 Å². The third kappa shape index (κ3) is 8.57. The lowest BCUT2D eigenvalue weighted by molar-refractivity contribution is -0.140. The number of sulfonamides is 1. The highest BCUT2D eigenvalue weighted by Crippen LogP contribution is 2.26. The molecule has 0 heterocycles. The van der Waals surface area contributed by atoms with E-state index in [0.717, 1.165) is 27.3 Å². The van der Waals surface area contributed by atoms with Crippen LogP contribution in [0, 0.1) is 13.8 Å². The second-order valence-electron chi connectivity index (χ2n) is 11.1. The van der Waals surface area contributed by atoms with Crippen LogP contribution in [0.2, 0.25) is 5.02 Å². The second-order valence-corrected chi connectivity index (χ2v) is 13.4. The lowest BCUT2D eigenvalue weighted by atomic mass is 10.0. The highest BCUT2D eigenvalue weighted by molar-refractivity contribution is 7.92. The number of amides is 2. The number of nitrogens with zero attached hydrogens (tertiary/aromatic N) is 2. The Kier molecular flexibility index (Phi) is 10.0. The predicted octanol–water partition coefficient (Wildman–Crippen LogP) is 5.28. The van der Waals surface area contributed by atoms with E-state index < -0.39 is 34.1 Å². The number of carbonyl (C=O) groups is 2. The molecule has 1 atom stereocenters. The maximum Gasteiger partial charge on any atom is 0.244 e. The van der Waals surface area contributed by atoms with E-state index in [9.17, 15) is 18.0 Å². The van der Waals surface area contributed by atoms with Crippen LogP contribution in [0.25, 0.3) is 0 Å². The third-order valence-corrected chi connectivity index (χ3v) is 7.86. The molecule has 0 fully saturated rings. The minimum absolute atomic E-state index is 0.0258. The number of anilines is 1. The average molecular weight is 584 g/mol. The number of rotatable bonds is 10. The van der Waals surface area contributed by atoms with Gasteiger partial charge in [0.25, 0.3) is 0 Å². The zero-order valence-electron chi connectivity index (χ0n) is 23.9. The van der Waals surface area contributed by atoms with Crippen molar-refractivity contribution in [2.75, 3.05) is 17.1 Å². The van der Waals surface area contributed by atoms with Gasteiger partial charge in [-0.15, -0.1) is 0 Å².